The van der Waals surface area contributed by atoms with Crippen LogP contribution in [0.1, 0.15) is 54.6 Å². The van der Waals surface area contributed by atoms with Gasteiger partial charge in [-0.2, -0.15) is 0 Å². The van der Waals surface area contributed by atoms with Gasteiger partial charge >= 0.3 is 5.97 Å². The molecule has 1 aromatic carbocycles. The topological polar surface area (TPSA) is 66.8 Å². The third-order valence-electron chi connectivity index (χ3n) is 4.63. The van der Waals surface area contributed by atoms with Crippen molar-refractivity contribution in [1.82, 2.24) is 4.90 Å². The van der Waals surface area contributed by atoms with Crippen molar-refractivity contribution in [3.8, 4) is 5.75 Å². The Morgan fingerprint density at radius 1 is 1.25 bits per heavy atom. The van der Waals surface area contributed by atoms with E-state index in [4.69, 9.17) is 9.84 Å². The maximum Gasteiger partial charge on any atom is 0.341 e. The number of benzene rings is 1. The van der Waals surface area contributed by atoms with Gasteiger partial charge in [0.2, 0.25) is 0 Å². The van der Waals surface area contributed by atoms with Crippen LogP contribution in [0.25, 0.3) is 0 Å². The Hall–Kier alpha value is -2.04. The summed E-state index contributed by atoms with van der Waals surface area (Å²) in [5.41, 5.74) is 2.23. The number of hydrogen-bond acceptors (Lipinski definition) is 3. The summed E-state index contributed by atoms with van der Waals surface area (Å²) in [6, 6.07) is 3.90. The fourth-order valence-corrected chi connectivity index (χ4v) is 3.50. The first-order valence-electron chi connectivity index (χ1n) is 8.58. The van der Waals surface area contributed by atoms with E-state index in [9.17, 15) is 9.59 Å². The average Bonchev–Trinajstić information content (AvgIpc) is 2.52. The minimum atomic E-state index is -1.01. The van der Waals surface area contributed by atoms with Crippen LogP contribution >= 0.6 is 0 Å². The SMILES string of the molecule is Cc1cc(C(=O)N2CCCCC2C(C)C)cc(C)c1OCC(=O)O. The number of aliphatic carboxylic acids is 1. The number of aryl methyl sites for hydroxylation is 2. The van der Waals surface area contributed by atoms with Crippen LogP contribution in [0.4, 0.5) is 0 Å². The molecule has 1 fully saturated rings. The molecule has 1 atom stereocenters. The van der Waals surface area contributed by atoms with Crippen molar-refractivity contribution in [2.45, 2.75) is 53.0 Å². The molecule has 1 heterocycles. The molecule has 0 saturated carbocycles. The molecule has 0 aliphatic carbocycles. The molecule has 1 aliphatic rings. The maximum atomic E-state index is 13.0. The first-order chi connectivity index (χ1) is 11.3. The van der Waals surface area contributed by atoms with E-state index in [0.717, 1.165) is 30.5 Å². The Morgan fingerprint density at radius 3 is 2.42 bits per heavy atom. The highest BCUT2D eigenvalue weighted by Gasteiger charge is 2.29. The van der Waals surface area contributed by atoms with Crippen LogP contribution in [-0.2, 0) is 4.79 Å². The minimum absolute atomic E-state index is 0.0596. The number of carboxylic acid groups (broad SMARTS) is 1. The summed E-state index contributed by atoms with van der Waals surface area (Å²) in [5.74, 6) is 0.0362. The summed E-state index contributed by atoms with van der Waals surface area (Å²) in [7, 11) is 0. The fraction of sp³-hybridized carbons (Fsp3) is 0.579. The van der Waals surface area contributed by atoms with Gasteiger partial charge in [0.25, 0.3) is 5.91 Å². The lowest BCUT2D eigenvalue weighted by atomic mass is 9.92. The molecular weight excluding hydrogens is 306 g/mol. The van der Waals surface area contributed by atoms with Gasteiger partial charge in [0.1, 0.15) is 5.75 Å². The largest absolute Gasteiger partial charge is 0.481 e. The Balaban J connectivity index is 2.24. The number of nitrogens with zero attached hydrogens (tertiary/aromatic N) is 1. The van der Waals surface area contributed by atoms with Gasteiger partial charge in [0, 0.05) is 18.2 Å². The quantitative estimate of drug-likeness (QED) is 0.896. The van der Waals surface area contributed by atoms with E-state index >= 15 is 0 Å². The standard InChI is InChI=1S/C19H27NO4/c1-12(2)16-7-5-6-8-20(16)19(23)15-9-13(3)18(14(4)10-15)24-11-17(21)22/h9-10,12,16H,5-8,11H2,1-4H3,(H,21,22). The molecule has 24 heavy (non-hydrogen) atoms. The molecule has 0 spiro atoms. The van der Waals surface area contributed by atoms with Gasteiger partial charge < -0.3 is 14.7 Å². The van der Waals surface area contributed by atoms with E-state index < -0.39 is 5.97 Å². The molecule has 1 aromatic rings. The summed E-state index contributed by atoms with van der Waals surface area (Å²) in [6.45, 7) is 8.44. The molecule has 0 radical (unpaired) electrons. The smallest absolute Gasteiger partial charge is 0.341 e. The second kappa shape index (κ2) is 7.69. The normalized spacial score (nSPS) is 17.9. The predicted octanol–water partition coefficient (Wildman–Crippen LogP) is 3.42. The number of carboxylic acids is 1. The lowest BCUT2D eigenvalue weighted by molar-refractivity contribution is -0.139. The Morgan fingerprint density at radius 2 is 1.88 bits per heavy atom. The van der Waals surface area contributed by atoms with E-state index in [1.54, 1.807) is 12.1 Å². The van der Waals surface area contributed by atoms with Crippen LogP contribution in [0.5, 0.6) is 5.75 Å². The Kier molecular flexibility index (Phi) is 5.86. The molecule has 5 nitrogen and oxygen atoms in total. The van der Waals surface area contributed by atoms with Crippen molar-refractivity contribution in [3.63, 3.8) is 0 Å². The zero-order valence-electron chi connectivity index (χ0n) is 15.0. The number of carbonyl (C=O) groups excluding carboxylic acids is 1. The molecule has 1 saturated heterocycles. The molecule has 2 rings (SSSR count). The first kappa shape index (κ1) is 18.3. The van der Waals surface area contributed by atoms with Gasteiger partial charge in [-0.25, -0.2) is 4.79 Å². The van der Waals surface area contributed by atoms with E-state index in [2.05, 4.69) is 13.8 Å². The number of amides is 1. The van der Waals surface area contributed by atoms with Crippen LogP contribution in [0.3, 0.4) is 0 Å². The summed E-state index contributed by atoms with van der Waals surface area (Å²) in [4.78, 5) is 25.7. The molecule has 0 bridgehead atoms. The van der Waals surface area contributed by atoms with E-state index in [-0.39, 0.29) is 18.6 Å². The molecule has 5 heteroatoms. The third kappa shape index (κ3) is 4.08. The Bertz CT molecular complexity index is 601. The monoisotopic (exact) mass is 333 g/mol. The highest BCUT2D eigenvalue weighted by Crippen LogP contribution is 2.29. The summed E-state index contributed by atoms with van der Waals surface area (Å²) >= 11 is 0. The van der Waals surface area contributed by atoms with Crippen LogP contribution in [0.2, 0.25) is 0 Å². The molecule has 1 aliphatic heterocycles. The summed E-state index contributed by atoms with van der Waals surface area (Å²) in [5, 5.41) is 8.76. The van der Waals surface area contributed by atoms with Gasteiger partial charge in [-0.05, 0) is 62.3 Å². The van der Waals surface area contributed by atoms with Crippen LogP contribution < -0.4 is 4.74 Å². The maximum absolute atomic E-state index is 13.0. The average molecular weight is 333 g/mol. The molecule has 0 aromatic heterocycles. The van der Waals surface area contributed by atoms with Crippen molar-refractivity contribution in [2.75, 3.05) is 13.2 Å². The van der Waals surface area contributed by atoms with Crippen LogP contribution in [-0.4, -0.2) is 41.1 Å². The van der Waals surface area contributed by atoms with Crippen molar-refractivity contribution in [2.24, 2.45) is 5.92 Å². The highest BCUT2D eigenvalue weighted by molar-refractivity contribution is 5.95. The first-order valence-corrected chi connectivity index (χ1v) is 8.58. The lowest BCUT2D eigenvalue weighted by Crippen LogP contribution is -2.46. The number of ether oxygens (including phenoxy) is 1. The zero-order chi connectivity index (χ0) is 17.9. The van der Waals surface area contributed by atoms with Gasteiger partial charge in [0.05, 0.1) is 0 Å². The van der Waals surface area contributed by atoms with Gasteiger partial charge in [-0.1, -0.05) is 13.8 Å². The zero-order valence-corrected chi connectivity index (χ0v) is 15.0. The van der Waals surface area contributed by atoms with Crippen molar-refractivity contribution < 1.29 is 19.4 Å². The lowest BCUT2D eigenvalue weighted by Gasteiger charge is -2.38. The molecular formula is C19H27NO4. The summed E-state index contributed by atoms with van der Waals surface area (Å²) < 4.78 is 5.34. The van der Waals surface area contributed by atoms with Crippen LogP contribution in [0, 0.1) is 19.8 Å². The van der Waals surface area contributed by atoms with Crippen molar-refractivity contribution >= 4 is 11.9 Å². The number of hydrogen-bond donors (Lipinski definition) is 1. The number of rotatable bonds is 5. The molecule has 1 N–H and O–H groups in total. The fourth-order valence-electron chi connectivity index (χ4n) is 3.50. The van der Waals surface area contributed by atoms with E-state index in [0.29, 0.717) is 17.2 Å². The van der Waals surface area contributed by atoms with E-state index in [1.807, 2.05) is 18.7 Å². The van der Waals surface area contributed by atoms with Crippen molar-refractivity contribution in [1.29, 1.82) is 0 Å². The minimum Gasteiger partial charge on any atom is -0.481 e. The molecule has 1 unspecified atom stereocenters. The van der Waals surface area contributed by atoms with Crippen LogP contribution in [0.15, 0.2) is 12.1 Å². The highest BCUT2D eigenvalue weighted by atomic mass is 16.5. The van der Waals surface area contributed by atoms with Gasteiger partial charge in [-0.3, -0.25) is 4.79 Å². The predicted molar refractivity (Wildman–Crippen MR) is 92.6 cm³/mol. The van der Waals surface area contributed by atoms with Gasteiger partial charge in [-0.15, -0.1) is 0 Å². The molecule has 1 amide bonds. The molecule has 132 valence electrons. The second-order valence-electron chi connectivity index (χ2n) is 6.93. The number of piperidine rings is 1. The third-order valence-corrected chi connectivity index (χ3v) is 4.63. The Labute approximate surface area is 143 Å². The summed E-state index contributed by atoms with van der Waals surface area (Å²) in [6.07, 6.45) is 3.28. The van der Waals surface area contributed by atoms with E-state index in [1.165, 1.54) is 6.42 Å². The number of carbonyl (C=O) groups is 2. The van der Waals surface area contributed by atoms with Crippen molar-refractivity contribution in [3.05, 3.63) is 28.8 Å². The van der Waals surface area contributed by atoms with Gasteiger partial charge in [0.15, 0.2) is 6.61 Å². The second-order valence-corrected chi connectivity index (χ2v) is 6.93. The number of likely N-dealkylation sites (tertiary alicyclic amines) is 1.